The van der Waals surface area contributed by atoms with Crippen LogP contribution in [-0.4, -0.2) is 46.8 Å². The van der Waals surface area contributed by atoms with Gasteiger partial charge in [0.15, 0.2) is 0 Å². The number of aliphatic carboxylic acids is 1. The number of rotatable bonds is 7. The molecule has 1 unspecified atom stereocenters. The Labute approximate surface area is 173 Å². The highest BCUT2D eigenvalue weighted by molar-refractivity contribution is 6.23. The molecule has 0 bridgehead atoms. The predicted molar refractivity (Wildman–Crippen MR) is 108 cm³/mol. The number of carboxylic acid groups (broad SMARTS) is 1. The summed E-state index contributed by atoms with van der Waals surface area (Å²) in [4.78, 5) is 51.4. The fourth-order valence-electron chi connectivity index (χ4n) is 3.22. The molecular weight excluding hydrogens is 388 g/mol. The molecule has 3 rings (SSSR count). The first-order valence-corrected chi connectivity index (χ1v) is 9.17. The molecular formula is C22H20N2O6. The number of ether oxygens (including phenoxy) is 1. The average molecular weight is 408 g/mol. The van der Waals surface area contributed by atoms with Gasteiger partial charge in [-0.1, -0.05) is 30.3 Å². The Morgan fingerprint density at radius 2 is 1.77 bits per heavy atom. The lowest BCUT2D eigenvalue weighted by atomic mass is 10.1. The second-order valence-electron chi connectivity index (χ2n) is 6.61. The zero-order chi connectivity index (χ0) is 21.7. The van der Waals surface area contributed by atoms with Crippen molar-refractivity contribution in [2.24, 2.45) is 0 Å². The summed E-state index contributed by atoms with van der Waals surface area (Å²) in [5.74, 6) is -2.28. The molecule has 0 aliphatic carbocycles. The maximum atomic E-state index is 13.0. The van der Waals surface area contributed by atoms with E-state index in [1.54, 1.807) is 54.6 Å². The number of carbonyl (C=O) groups is 4. The van der Waals surface area contributed by atoms with Crippen molar-refractivity contribution in [1.82, 2.24) is 4.90 Å². The Morgan fingerprint density at radius 3 is 2.37 bits per heavy atom. The summed E-state index contributed by atoms with van der Waals surface area (Å²) in [6.07, 6.45) is 1.41. The van der Waals surface area contributed by atoms with Crippen LogP contribution in [0.4, 0.5) is 5.69 Å². The summed E-state index contributed by atoms with van der Waals surface area (Å²) in [6.45, 7) is 0.0269. The second-order valence-corrected chi connectivity index (χ2v) is 6.61. The zero-order valence-electron chi connectivity index (χ0n) is 16.2. The molecule has 1 heterocycles. The molecule has 30 heavy (non-hydrogen) atoms. The molecule has 1 N–H and O–H groups in total. The minimum absolute atomic E-state index is 0.0269. The Morgan fingerprint density at radius 1 is 1.10 bits per heavy atom. The van der Waals surface area contributed by atoms with E-state index in [2.05, 4.69) is 0 Å². The Hall–Kier alpha value is -3.94. The molecule has 1 aliphatic rings. The van der Waals surface area contributed by atoms with Gasteiger partial charge < -0.3 is 14.7 Å². The number of para-hydroxylation sites is 1. The van der Waals surface area contributed by atoms with Crippen molar-refractivity contribution in [2.45, 2.75) is 19.0 Å². The number of imide groups is 1. The van der Waals surface area contributed by atoms with Crippen LogP contribution in [-0.2, 0) is 25.7 Å². The van der Waals surface area contributed by atoms with Crippen LogP contribution in [0.15, 0.2) is 66.7 Å². The molecule has 0 aromatic heterocycles. The molecule has 0 spiro atoms. The molecule has 1 fully saturated rings. The number of methoxy groups -OCH3 is 1. The van der Waals surface area contributed by atoms with Crippen molar-refractivity contribution in [1.29, 1.82) is 0 Å². The van der Waals surface area contributed by atoms with Crippen LogP contribution in [0.2, 0.25) is 0 Å². The highest BCUT2D eigenvalue weighted by Gasteiger charge is 2.44. The lowest BCUT2D eigenvalue weighted by molar-refractivity contribution is -0.135. The van der Waals surface area contributed by atoms with E-state index in [9.17, 15) is 19.2 Å². The number of amides is 3. The number of benzene rings is 2. The normalized spacial score (nSPS) is 16.2. The molecule has 2 aromatic rings. The molecule has 154 valence electrons. The summed E-state index contributed by atoms with van der Waals surface area (Å²) in [5.41, 5.74) is 1.12. The minimum atomic E-state index is -1.28. The highest BCUT2D eigenvalue weighted by Crippen LogP contribution is 2.27. The van der Waals surface area contributed by atoms with Crippen LogP contribution in [0.3, 0.4) is 0 Å². The first-order chi connectivity index (χ1) is 14.4. The second kappa shape index (κ2) is 9.04. The maximum absolute atomic E-state index is 13.0. The van der Waals surface area contributed by atoms with E-state index in [1.807, 2.05) is 0 Å². The van der Waals surface area contributed by atoms with Gasteiger partial charge in [-0.25, -0.2) is 9.69 Å². The topological polar surface area (TPSA) is 104 Å². The molecule has 0 radical (unpaired) electrons. The summed E-state index contributed by atoms with van der Waals surface area (Å²) < 4.78 is 5.12. The Kier molecular flexibility index (Phi) is 6.26. The van der Waals surface area contributed by atoms with Crippen molar-refractivity contribution in [3.8, 4) is 5.75 Å². The lowest BCUT2D eigenvalue weighted by Gasteiger charge is -2.26. The van der Waals surface area contributed by atoms with Crippen molar-refractivity contribution in [3.63, 3.8) is 0 Å². The number of hydrogen-bond donors (Lipinski definition) is 1. The fourth-order valence-corrected chi connectivity index (χ4v) is 3.22. The van der Waals surface area contributed by atoms with Crippen LogP contribution in [0, 0.1) is 0 Å². The maximum Gasteiger partial charge on any atom is 0.328 e. The van der Waals surface area contributed by atoms with Gasteiger partial charge in [0, 0.05) is 18.7 Å². The SMILES string of the molecule is COc1ccc(CN(C(=O)/C=C\C(=O)O)C2CC(=O)N(c3ccccc3)C2=O)cc1. The fraction of sp³-hybridized carbons (Fsp3) is 0.182. The minimum Gasteiger partial charge on any atom is -0.497 e. The molecule has 8 nitrogen and oxygen atoms in total. The van der Waals surface area contributed by atoms with E-state index in [1.165, 1.54) is 12.0 Å². The van der Waals surface area contributed by atoms with Gasteiger partial charge >= 0.3 is 5.97 Å². The number of carboxylic acids is 1. The van der Waals surface area contributed by atoms with Gasteiger partial charge in [-0.05, 0) is 29.8 Å². The molecule has 1 aliphatic heterocycles. The van der Waals surface area contributed by atoms with E-state index < -0.39 is 29.7 Å². The van der Waals surface area contributed by atoms with E-state index in [4.69, 9.17) is 9.84 Å². The van der Waals surface area contributed by atoms with Crippen LogP contribution in [0.1, 0.15) is 12.0 Å². The van der Waals surface area contributed by atoms with Gasteiger partial charge in [0.2, 0.25) is 11.8 Å². The van der Waals surface area contributed by atoms with Crippen molar-refractivity contribution in [3.05, 3.63) is 72.3 Å². The third kappa shape index (κ3) is 4.54. The van der Waals surface area contributed by atoms with Crippen molar-refractivity contribution in [2.75, 3.05) is 12.0 Å². The lowest BCUT2D eigenvalue weighted by Crippen LogP contribution is -2.44. The number of nitrogens with zero attached hydrogens (tertiary/aromatic N) is 2. The Balaban J connectivity index is 1.90. The van der Waals surface area contributed by atoms with E-state index in [0.717, 1.165) is 11.0 Å². The molecule has 1 atom stereocenters. The monoisotopic (exact) mass is 408 g/mol. The van der Waals surface area contributed by atoms with Crippen LogP contribution in [0.25, 0.3) is 0 Å². The third-order valence-corrected chi connectivity index (χ3v) is 4.68. The first-order valence-electron chi connectivity index (χ1n) is 9.17. The van der Waals surface area contributed by atoms with Gasteiger partial charge in [0.05, 0.1) is 19.2 Å². The summed E-state index contributed by atoms with van der Waals surface area (Å²) in [5, 5.41) is 8.84. The molecule has 0 saturated carbocycles. The van der Waals surface area contributed by atoms with Gasteiger partial charge in [0.1, 0.15) is 11.8 Å². The largest absolute Gasteiger partial charge is 0.497 e. The first kappa shape index (κ1) is 20.8. The van der Waals surface area contributed by atoms with Crippen molar-refractivity contribution < 1.29 is 29.0 Å². The smallest absolute Gasteiger partial charge is 0.328 e. The average Bonchev–Trinajstić information content (AvgIpc) is 3.05. The molecule has 2 aromatic carbocycles. The van der Waals surface area contributed by atoms with Gasteiger partial charge in [-0.2, -0.15) is 0 Å². The molecule has 1 saturated heterocycles. The molecule has 3 amide bonds. The van der Waals surface area contributed by atoms with E-state index >= 15 is 0 Å². The van der Waals surface area contributed by atoms with Crippen molar-refractivity contribution >= 4 is 29.4 Å². The van der Waals surface area contributed by atoms with E-state index in [0.29, 0.717) is 23.1 Å². The number of carbonyl (C=O) groups excluding carboxylic acids is 3. The molecule has 8 heteroatoms. The summed E-state index contributed by atoms with van der Waals surface area (Å²) in [7, 11) is 1.53. The van der Waals surface area contributed by atoms with Crippen LogP contribution >= 0.6 is 0 Å². The van der Waals surface area contributed by atoms with Crippen LogP contribution < -0.4 is 9.64 Å². The number of hydrogen-bond acceptors (Lipinski definition) is 5. The Bertz CT molecular complexity index is 984. The summed E-state index contributed by atoms with van der Waals surface area (Å²) >= 11 is 0. The highest BCUT2D eigenvalue weighted by atomic mass is 16.5. The van der Waals surface area contributed by atoms with E-state index in [-0.39, 0.29) is 13.0 Å². The zero-order valence-corrected chi connectivity index (χ0v) is 16.2. The van der Waals surface area contributed by atoms with Gasteiger partial charge in [0.25, 0.3) is 5.91 Å². The predicted octanol–water partition coefficient (Wildman–Crippen LogP) is 2.00. The number of anilines is 1. The van der Waals surface area contributed by atoms with Gasteiger partial charge in [-0.15, -0.1) is 0 Å². The third-order valence-electron chi connectivity index (χ3n) is 4.68. The summed E-state index contributed by atoms with van der Waals surface area (Å²) in [6, 6.07) is 14.3. The standard InChI is InChI=1S/C22H20N2O6/c1-30-17-9-7-15(8-10-17)14-23(19(25)11-12-21(27)28)18-13-20(26)24(22(18)29)16-5-3-2-4-6-16/h2-12,18H,13-14H2,1H3,(H,27,28)/b12-11-. The van der Waals surface area contributed by atoms with Crippen LogP contribution in [0.5, 0.6) is 5.75 Å². The quantitative estimate of drug-likeness (QED) is 0.555. The van der Waals surface area contributed by atoms with Gasteiger partial charge in [-0.3, -0.25) is 14.4 Å².